The quantitative estimate of drug-likeness (QED) is 0.485. The van der Waals surface area contributed by atoms with Crippen molar-refractivity contribution in [1.29, 1.82) is 0 Å². The number of nitrogens with one attached hydrogen (secondary N) is 1. The van der Waals surface area contributed by atoms with Crippen LogP contribution in [0.5, 0.6) is 5.75 Å². The normalized spacial score (nSPS) is 19.6. The number of aromatic amines is 1. The highest BCUT2D eigenvalue weighted by atomic mass is 16.5. The van der Waals surface area contributed by atoms with E-state index in [-0.39, 0.29) is 5.41 Å². The van der Waals surface area contributed by atoms with Gasteiger partial charge in [0, 0.05) is 40.4 Å². The van der Waals surface area contributed by atoms with Gasteiger partial charge in [-0.05, 0) is 41.5 Å². The first-order chi connectivity index (χ1) is 14.5. The van der Waals surface area contributed by atoms with Gasteiger partial charge in [-0.2, -0.15) is 0 Å². The zero-order valence-corrected chi connectivity index (χ0v) is 17.5. The molecular formula is C26H26N2O2. The number of hydrogen-bond donors (Lipinski definition) is 2. The first-order valence-corrected chi connectivity index (χ1v) is 10.8. The molecule has 30 heavy (non-hydrogen) atoms. The van der Waals surface area contributed by atoms with Crippen molar-refractivity contribution in [2.75, 3.05) is 6.61 Å². The minimum Gasteiger partial charge on any atom is -0.493 e. The molecule has 4 heteroatoms. The molecule has 3 heterocycles. The highest BCUT2D eigenvalue weighted by Gasteiger charge is 2.35. The van der Waals surface area contributed by atoms with Crippen molar-refractivity contribution in [2.45, 2.75) is 45.6 Å². The molecule has 4 aromatic rings. The lowest BCUT2D eigenvalue weighted by molar-refractivity contribution is 0.0997. The molecule has 4 nitrogen and oxygen atoms in total. The fourth-order valence-electron chi connectivity index (χ4n) is 5.38. The number of fused-ring (bicyclic) bond motifs is 6. The molecule has 0 amide bonds. The number of hydrogen-bond acceptors (Lipinski definition) is 3. The van der Waals surface area contributed by atoms with Gasteiger partial charge in [-0.15, -0.1) is 0 Å². The molecule has 0 unspecified atom stereocenters. The maximum Gasteiger partial charge on any atom is 0.122 e. The summed E-state index contributed by atoms with van der Waals surface area (Å²) in [4.78, 5) is 8.76. The topological polar surface area (TPSA) is 58.1 Å². The van der Waals surface area contributed by atoms with Crippen LogP contribution >= 0.6 is 0 Å². The summed E-state index contributed by atoms with van der Waals surface area (Å²) < 4.78 is 5.67. The molecule has 1 aliphatic heterocycles. The average molecular weight is 399 g/mol. The first kappa shape index (κ1) is 18.0. The van der Waals surface area contributed by atoms with E-state index in [2.05, 4.69) is 61.3 Å². The highest BCUT2D eigenvalue weighted by Crippen LogP contribution is 2.45. The number of aliphatic hydroxyl groups excluding tert-OH is 1. The molecule has 0 bridgehead atoms. The van der Waals surface area contributed by atoms with Gasteiger partial charge < -0.3 is 14.8 Å². The third-order valence-corrected chi connectivity index (χ3v) is 6.70. The Balaban J connectivity index is 1.58. The van der Waals surface area contributed by atoms with E-state index in [9.17, 15) is 5.11 Å². The average Bonchev–Trinajstić information content (AvgIpc) is 3.31. The van der Waals surface area contributed by atoms with Crippen LogP contribution in [0.2, 0.25) is 0 Å². The van der Waals surface area contributed by atoms with Gasteiger partial charge in [0.2, 0.25) is 0 Å². The number of ether oxygens (including phenoxy) is 1. The monoisotopic (exact) mass is 398 g/mol. The summed E-state index contributed by atoms with van der Waals surface area (Å²) in [5.74, 6) is 1.01. The Bertz CT molecular complexity index is 1300. The van der Waals surface area contributed by atoms with E-state index in [0.29, 0.717) is 0 Å². The Morgan fingerprint density at radius 1 is 1.20 bits per heavy atom. The van der Waals surface area contributed by atoms with Gasteiger partial charge in [-0.25, -0.2) is 0 Å². The molecule has 1 atom stereocenters. The molecule has 1 aliphatic carbocycles. The molecule has 2 aromatic carbocycles. The van der Waals surface area contributed by atoms with E-state index in [0.717, 1.165) is 71.4 Å². The minimum atomic E-state index is -0.482. The Morgan fingerprint density at radius 2 is 2.07 bits per heavy atom. The van der Waals surface area contributed by atoms with Gasteiger partial charge in [0.1, 0.15) is 5.75 Å². The maximum absolute atomic E-state index is 11.1. The molecule has 0 radical (unpaired) electrons. The largest absolute Gasteiger partial charge is 0.493 e. The van der Waals surface area contributed by atoms with Crippen LogP contribution < -0.4 is 4.74 Å². The highest BCUT2D eigenvalue weighted by molar-refractivity contribution is 6.10. The van der Waals surface area contributed by atoms with Crippen molar-refractivity contribution < 1.29 is 9.84 Å². The number of pyridine rings is 1. The van der Waals surface area contributed by atoms with Crippen LogP contribution in [0.4, 0.5) is 0 Å². The van der Waals surface area contributed by atoms with E-state index in [1.807, 2.05) is 0 Å². The predicted molar refractivity (Wildman–Crippen MR) is 119 cm³/mol. The molecule has 2 aliphatic rings. The Hall–Kier alpha value is -2.85. The Morgan fingerprint density at radius 3 is 2.97 bits per heavy atom. The van der Waals surface area contributed by atoms with Crippen LogP contribution in [-0.2, 0) is 19.3 Å². The molecule has 2 aromatic heterocycles. The van der Waals surface area contributed by atoms with Crippen LogP contribution in [-0.4, -0.2) is 21.7 Å². The zero-order chi connectivity index (χ0) is 20.5. The summed E-state index contributed by atoms with van der Waals surface area (Å²) in [5.41, 5.74) is 7.87. The van der Waals surface area contributed by atoms with Crippen molar-refractivity contribution in [3.05, 3.63) is 70.5 Å². The fraction of sp³-hybridized carbons (Fsp3) is 0.346. The standard InChI is InChI=1S/C26H26N2O2/c1-26(2)13-20-24(21(29)14-26)23-17-5-3-4-6-18(17)28-25(23)19(27-20)12-15-7-8-22-16(11-15)9-10-30-22/h3-8,11,21,28-29H,9-10,12-14H2,1-2H3/t21-/m0/s1. The Labute approximate surface area is 175 Å². The van der Waals surface area contributed by atoms with Crippen LogP contribution in [0.25, 0.3) is 21.8 Å². The van der Waals surface area contributed by atoms with Gasteiger partial charge in [0.25, 0.3) is 0 Å². The van der Waals surface area contributed by atoms with Crippen molar-refractivity contribution in [3.63, 3.8) is 0 Å². The van der Waals surface area contributed by atoms with Crippen LogP contribution in [0.3, 0.4) is 0 Å². The van der Waals surface area contributed by atoms with E-state index in [4.69, 9.17) is 9.72 Å². The summed E-state index contributed by atoms with van der Waals surface area (Å²) in [6, 6.07) is 14.9. The van der Waals surface area contributed by atoms with Crippen LogP contribution in [0.1, 0.15) is 54.5 Å². The lowest BCUT2D eigenvalue weighted by atomic mass is 9.74. The number of para-hydroxylation sites is 1. The summed E-state index contributed by atoms with van der Waals surface area (Å²) in [6.45, 7) is 5.22. The summed E-state index contributed by atoms with van der Waals surface area (Å²) in [7, 11) is 0. The van der Waals surface area contributed by atoms with Crippen LogP contribution in [0.15, 0.2) is 42.5 Å². The molecular weight excluding hydrogens is 372 g/mol. The smallest absolute Gasteiger partial charge is 0.122 e. The lowest BCUT2D eigenvalue weighted by Gasteiger charge is -2.34. The van der Waals surface area contributed by atoms with Crippen LogP contribution in [0, 0.1) is 5.41 Å². The van der Waals surface area contributed by atoms with Crippen molar-refractivity contribution >= 4 is 21.8 Å². The van der Waals surface area contributed by atoms with E-state index in [1.54, 1.807) is 0 Å². The second-order valence-electron chi connectivity index (χ2n) is 9.62. The number of aromatic nitrogens is 2. The van der Waals surface area contributed by atoms with Gasteiger partial charge >= 0.3 is 0 Å². The van der Waals surface area contributed by atoms with Gasteiger partial charge in [0.15, 0.2) is 0 Å². The second kappa shape index (κ2) is 6.32. The molecule has 0 spiro atoms. The molecule has 6 rings (SSSR count). The molecule has 2 N–H and O–H groups in total. The SMILES string of the molecule is CC1(C)Cc2nc(Cc3ccc4c(c3)CCO4)c3[nH]c4ccccc4c3c2[C@@H](O)C1. The van der Waals surface area contributed by atoms with Crippen molar-refractivity contribution in [1.82, 2.24) is 9.97 Å². The number of nitrogens with zero attached hydrogens (tertiary/aromatic N) is 1. The number of aliphatic hydroxyl groups is 1. The Kier molecular flexibility index (Phi) is 3.79. The molecule has 152 valence electrons. The predicted octanol–water partition coefficient (Wildman–Crippen LogP) is 5.25. The first-order valence-electron chi connectivity index (χ1n) is 10.8. The van der Waals surface area contributed by atoms with Crippen molar-refractivity contribution in [3.8, 4) is 5.75 Å². The fourth-order valence-corrected chi connectivity index (χ4v) is 5.38. The van der Waals surface area contributed by atoms with Gasteiger partial charge in [0.05, 0.1) is 23.9 Å². The number of benzene rings is 2. The van der Waals surface area contributed by atoms with Crippen molar-refractivity contribution in [2.24, 2.45) is 5.41 Å². The molecule has 0 fully saturated rings. The summed E-state index contributed by atoms with van der Waals surface area (Å²) in [5, 5.41) is 13.4. The van der Waals surface area contributed by atoms with E-state index < -0.39 is 6.10 Å². The summed E-state index contributed by atoms with van der Waals surface area (Å²) >= 11 is 0. The molecule has 0 saturated heterocycles. The maximum atomic E-state index is 11.1. The number of H-pyrrole nitrogens is 1. The third kappa shape index (κ3) is 2.74. The van der Waals surface area contributed by atoms with E-state index in [1.165, 1.54) is 16.5 Å². The summed E-state index contributed by atoms with van der Waals surface area (Å²) in [6.07, 6.45) is 2.91. The number of rotatable bonds is 2. The second-order valence-corrected chi connectivity index (χ2v) is 9.62. The lowest BCUT2D eigenvalue weighted by Crippen LogP contribution is -2.27. The van der Waals surface area contributed by atoms with Gasteiger partial charge in [-0.1, -0.05) is 44.2 Å². The van der Waals surface area contributed by atoms with E-state index >= 15 is 0 Å². The minimum absolute atomic E-state index is 0.0430. The third-order valence-electron chi connectivity index (χ3n) is 6.70. The van der Waals surface area contributed by atoms with Gasteiger partial charge in [-0.3, -0.25) is 4.98 Å². The molecule has 0 saturated carbocycles. The zero-order valence-electron chi connectivity index (χ0n) is 17.5.